The summed E-state index contributed by atoms with van der Waals surface area (Å²) in [5.74, 6) is 0.181. The first-order valence-electron chi connectivity index (χ1n) is 4.43. The maximum absolute atomic E-state index is 11.6. The minimum Gasteiger partial charge on any atom is -0.342 e. The van der Waals surface area contributed by atoms with Gasteiger partial charge in [0.05, 0.1) is 12.5 Å². The van der Waals surface area contributed by atoms with E-state index in [4.69, 9.17) is 0 Å². The molecule has 0 spiro atoms. The molecule has 1 heterocycles. The van der Waals surface area contributed by atoms with Crippen molar-refractivity contribution in [2.45, 2.75) is 13.3 Å². The lowest BCUT2D eigenvalue weighted by Gasteiger charge is -2.07. The molecule has 1 unspecified atom stereocenters. The summed E-state index contributed by atoms with van der Waals surface area (Å²) in [5, 5.41) is 3.02. The summed E-state index contributed by atoms with van der Waals surface area (Å²) in [7, 11) is 1.88. The van der Waals surface area contributed by atoms with Gasteiger partial charge in [-0.15, -0.1) is 0 Å². The predicted octanol–water partition coefficient (Wildman–Crippen LogP) is 0.838. The number of H-pyrrole nitrogens is 1. The van der Waals surface area contributed by atoms with Gasteiger partial charge in [-0.1, -0.05) is 6.92 Å². The number of Topliss-reactive ketones (excluding diaryl/α,β-unsaturated/α-hetero) is 1. The molecule has 13 heavy (non-hydrogen) atoms. The number of carbonyl (C=O) groups excluding carboxylic acids is 1. The largest absolute Gasteiger partial charge is 0.342 e. The van der Waals surface area contributed by atoms with Crippen molar-refractivity contribution in [3.05, 3.63) is 18.2 Å². The minimum absolute atomic E-state index is 0.0490. The molecule has 4 nitrogen and oxygen atoms in total. The van der Waals surface area contributed by atoms with E-state index in [-0.39, 0.29) is 11.7 Å². The summed E-state index contributed by atoms with van der Waals surface area (Å²) in [5.41, 5.74) is 0.601. The first-order chi connectivity index (χ1) is 6.25. The van der Waals surface area contributed by atoms with E-state index < -0.39 is 0 Å². The van der Waals surface area contributed by atoms with Crippen molar-refractivity contribution in [3.63, 3.8) is 0 Å². The number of nitrogens with one attached hydrogen (secondary N) is 2. The van der Waals surface area contributed by atoms with Gasteiger partial charge in [0.2, 0.25) is 0 Å². The second-order valence-corrected chi connectivity index (χ2v) is 3.12. The molecule has 1 atom stereocenters. The Morgan fingerprint density at radius 3 is 3.08 bits per heavy atom. The van der Waals surface area contributed by atoms with E-state index in [1.54, 1.807) is 6.20 Å². The number of hydrogen-bond donors (Lipinski definition) is 2. The van der Waals surface area contributed by atoms with E-state index in [9.17, 15) is 4.79 Å². The minimum atomic E-state index is 0.0490. The number of hydrogen-bond acceptors (Lipinski definition) is 3. The third-order valence-corrected chi connectivity index (χ3v) is 2.04. The Labute approximate surface area is 77.8 Å². The summed E-state index contributed by atoms with van der Waals surface area (Å²) >= 11 is 0. The van der Waals surface area contributed by atoms with Crippen LogP contribution in [0.4, 0.5) is 0 Å². The van der Waals surface area contributed by atoms with Crippen molar-refractivity contribution >= 4 is 5.78 Å². The Bertz CT molecular complexity index is 256. The van der Waals surface area contributed by atoms with E-state index in [2.05, 4.69) is 15.3 Å². The van der Waals surface area contributed by atoms with Gasteiger partial charge >= 0.3 is 0 Å². The summed E-state index contributed by atoms with van der Waals surface area (Å²) in [6.07, 6.45) is 3.95. The van der Waals surface area contributed by atoms with E-state index in [1.807, 2.05) is 14.0 Å². The molecule has 0 fully saturated rings. The molecule has 2 N–H and O–H groups in total. The van der Waals surface area contributed by atoms with Crippen LogP contribution in [-0.2, 0) is 0 Å². The highest BCUT2D eigenvalue weighted by Gasteiger charge is 2.15. The zero-order valence-corrected chi connectivity index (χ0v) is 8.00. The first-order valence-corrected chi connectivity index (χ1v) is 4.43. The molecule has 0 aliphatic carbocycles. The van der Waals surface area contributed by atoms with Gasteiger partial charge in [0.15, 0.2) is 5.78 Å². The quantitative estimate of drug-likeness (QED) is 0.662. The lowest BCUT2D eigenvalue weighted by Crippen LogP contribution is -2.18. The molecule has 0 saturated carbocycles. The van der Waals surface area contributed by atoms with Gasteiger partial charge in [0.25, 0.3) is 0 Å². The third kappa shape index (κ3) is 2.66. The SMILES string of the molecule is CNCCC(C)C(=O)c1cnc[nH]1. The van der Waals surface area contributed by atoms with Gasteiger partial charge in [0.1, 0.15) is 5.69 Å². The third-order valence-electron chi connectivity index (χ3n) is 2.04. The van der Waals surface area contributed by atoms with Crippen LogP contribution in [0.1, 0.15) is 23.8 Å². The van der Waals surface area contributed by atoms with Gasteiger partial charge in [-0.2, -0.15) is 0 Å². The fourth-order valence-corrected chi connectivity index (χ4v) is 1.15. The van der Waals surface area contributed by atoms with Gasteiger partial charge in [-0.25, -0.2) is 4.98 Å². The molecule has 0 aliphatic rings. The molecule has 1 rings (SSSR count). The van der Waals surface area contributed by atoms with Crippen molar-refractivity contribution in [1.82, 2.24) is 15.3 Å². The molecule has 0 aliphatic heterocycles. The summed E-state index contributed by atoms with van der Waals surface area (Å²) in [6.45, 7) is 2.79. The van der Waals surface area contributed by atoms with Crippen LogP contribution in [-0.4, -0.2) is 29.3 Å². The van der Waals surface area contributed by atoms with E-state index in [1.165, 1.54) is 6.33 Å². The van der Waals surface area contributed by atoms with Gasteiger partial charge in [-0.05, 0) is 20.0 Å². The topological polar surface area (TPSA) is 57.8 Å². The fourth-order valence-electron chi connectivity index (χ4n) is 1.15. The molecule has 1 aromatic rings. The molecule has 4 heteroatoms. The first kappa shape index (κ1) is 9.92. The molecule has 0 bridgehead atoms. The van der Waals surface area contributed by atoms with Crippen LogP contribution in [0.25, 0.3) is 0 Å². The number of ketones is 1. The fraction of sp³-hybridized carbons (Fsp3) is 0.556. The van der Waals surface area contributed by atoms with Crippen LogP contribution < -0.4 is 5.32 Å². The van der Waals surface area contributed by atoms with Crippen LogP contribution in [0.3, 0.4) is 0 Å². The maximum Gasteiger partial charge on any atom is 0.183 e. The van der Waals surface area contributed by atoms with E-state index in [0.29, 0.717) is 5.69 Å². The Morgan fingerprint density at radius 2 is 2.54 bits per heavy atom. The number of carbonyl (C=O) groups is 1. The lowest BCUT2D eigenvalue weighted by molar-refractivity contribution is 0.0920. The highest BCUT2D eigenvalue weighted by Crippen LogP contribution is 2.08. The second-order valence-electron chi connectivity index (χ2n) is 3.12. The van der Waals surface area contributed by atoms with Crippen LogP contribution in [0, 0.1) is 5.92 Å². The highest BCUT2D eigenvalue weighted by atomic mass is 16.1. The van der Waals surface area contributed by atoms with Crippen molar-refractivity contribution in [2.24, 2.45) is 5.92 Å². The van der Waals surface area contributed by atoms with Crippen LogP contribution in [0.2, 0.25) is 0 Å². The molecule has 0 aromatic carbocycles. The zero-order chi connectivity index (χ0) is 9.68. The van der Waals surface area contributed by atoms with Crippen molar-refractivity contribution in [3.8, 4) is 0 Å². The molecule has 72 valence electrons. The van der Waals surface area contributed by atoms with Crippen molar-refractivity contribution in [2.75, 3.05) is 13.6 Å². The number of rotatable bonds is 5. The molecular weight excluding hydrogens is 166 g/mol. The van der Waals surface area contributed by atoms with Gasteiger partial charge < -0.3 is 10.3 Å². The summed E-state index contributed by atoms with van der Waals surface area (Å²) in [6, 6.07) is 0. The zero-order valence-electron chi connectivity index (χ0n) is 8.00. The number of imidazole rings is 1. The number of aromatic amines is 1. The molecular formula is C9H15N3O. The van der Waals surface area contributed by atoms with Gasteiger partial charge in [0, 0.05) is 5.92 Å². The average Bonchev–Trinajstić information content (AvgIpc) is 2.65. The number of aromatic nitrogens is 2. The normalized spacial score (nSPS) is 12.8. The van der Waals surface area contributed by atoms with Crippen molar-refractivity contribution < 1.29 is 4.79 Å². The smallest absolute Gasteiger partial charge is 0.183 e. The van der Waals surface area contributed by atoms with Crippen LogP contribution in [0.5, 0.6) is 0 Å². The lowest BCUT2D eigenvalue weighted by atomic mass is 10.0. The molecule has 0 amide bonds. The highest BCUT2D eigenvalue weighted by molar-refractivity contribution is 5.95. The van der Waals surface area contributed by atoms with Crippen LogP contribution in [0.15, 0.2) is 12.5 Å². The second kappa shape index (κ2) is 4.77. The molecule has 0 saturated heterocycles. The Morgan fingerprint density at radius 1 is 1.77 bits per heavy atom. The number of nitrogens with zero attached hydrogens (tertiary/aromatic N) is 1. The Balaban J connectivity index is 2.48. The predicted molar refractivity (Wildman–Crippen MR) is 50.6 cm³/mol. The van der Waals surface area contributed by atoms with Crippen LogP contribution >= 0.6 is 0 Å². The molecule has 1 aromatic heterocycles. The standard InChI is InChI=1S/C9H15N3O/c1-7(3-4-10-2)9(13)8-5-11-6-12-8/h5-7,10H,3-4H2,1-2H3,(H,11,12). The summed E-state index contributed by atoms with van der Waals surface area (Å²) < 4.78 is 0. The molecule has 0 radical (unpaired) electrons. The van der Waals surface area contributed by atoms with Crippen molar-refractivity contribution in [1.29, 1.82) is 0 Å². The average molecular weight is 181 g/mol. The maximum atomic E-state index is 11.6. The van der Waals surface area contributed by atoms with Gasteiger partial charge in [-0.3, -0.25) is 4.79 Å². The van der Waals surface area contributed by atoms with E-state index in [0.717, 1.165) is 13.0 Å². The summed E-state index contributed by atoms with van der Waals surface area (Å²) in [4.78, 5) is 18.2. The Hall–Kier alpha value is -1.16. The van der Waals surface area contributed by atoms with E-state index >= 15 is 0 Å². The monoisotopic (exact) mass is 181 g/mol. The Kier molecular flexibility index (Phi) is 3.64.